The summed E-state index contributed by atoms with van der Waals surface area (Å²) in [4.78, 5) is 0. The Morgan fingerprint density at radius 1 is 1.57 bits per heavy atom. The van der Waals surface area contributed by atoms with Crippen molar-refractivity contribution in [3.05, 3.63) is 32.8 Å². The SMILES string of the molecule is Cc1c(Cl)cc(Br)cc1C(N)CCO. The summed E-state index contributed by atoms with van der Waals surface area (Å²) < 4.78 is 0.913. The van der Waals surface area contributed by atoms with Crippen LogP contribution in [0, 0.1) is 6.92 Å². The van der Waals surface area contributed by atoms with Crippen LogP contribution in [-0.2, 0) is 0 Å². The third-order valence-electron chi connectivity index (χ3n) is 2.19. The highest BCUT2D eigenvalue weighted by molar-refractivity contribution is 9.10. The normalized spacial score (nSPS) is 12.9. The van der Waals surface area contributed by atoms with Crippen molar-refractivity contribution >= 4 is 27.5 Å². The Morgan fingerprint density at radius 3 is 2.79 bits per heavy atom. The molecule has 0 aromatic heterocycles. The maximum absolute atomic E-state index is 8.80. The van der Waals surface area contributed by atoms with E-state index >= 15 is 0 Å². The first-order chi connectivity index (χ1) is 6.56. The van der Waals surface area contributed by atoms with Crippen molar-refractivity contribution in [2.75, 3.05) is 6.61 Å². The lowest BCUT2D eigenvalue weighted by Gasteiger charge is -2.15. The van der Waals surface area contributed by atoms with E-state index in [0.29, 0.717) is 11.4 Å². The summed E-state index contributed by atoms with van der Waals surface area (Å²) in [5.74, 6) is 0. The fraction of sp³-hybridized carbons (Fsp3) is 0.400. The van der Waals surface area contributed by atoms with Gasteiger partial charge in [-0.25, -0.2) is 0 Å². The molecule has 1 atom stereocenters. The zero-order valence-corrected chi connectivity index (χ0v) is 10.3. The van der Waals surface area contributed by atoms with E-state index in [1.54, 1.807) is 0 Å². The van der Waals surface area contributed by atoms with Gasteiger partial charge in [-0.3, -0.25) is 0 Å². The third-order valence-corrected chi connectivity index (χ3v) is 3.04. The van der Waals surface area contributed by atoms with Crippen molar-refractivity contribution in [1.82, 2.24) is 0 Å². The summed E-state index contributed by atoms with van der Waals surface area (Å²) in [6.45, 7) is 2.02. The highest BCUT2D eigenvalue weighted by atomic mass is 79.9. The van der Waals surface area contributed by atoms with Crippen molar-refractivity contribution < 1.29 is 5.11 Å². The van der Waals surface area contributed by atoms with Gasteiger partial charge in [-0.2, -0.15) is 0 Å². The molecule has 0 spiro atoms. The van der Waals surface area contributed by atoms with Crippen LogP contribution >= 0.6 is 27.5 Å². The second kappa shape index (κ2) is 5.12. The monoisotopic (exact) mass is 277 g/mol. The number of benzene rings is 1. The van der Waals surface area contributed by atoms with Crippen LogP contribution in [0.4, 0.5) is 0 Å². The standard InChI is InChI=1S/C10H13BrClNO/c1-6-8(10(13)2-3-14)4-7(11)5-9(6)12/h4-5,10,14H,2-3,13H2,1H3. The van der Waals surface area contributed by atoms with E-state index in [4.69, 9.17) is 22.4 Å². The average molecular weight is 279 g/mol. The number of rotatable bonds is 3. The lowest BCUT2D eigenvalue weighted by molar-refractivity contribution is 0.276. The third kappa shape index (κ3) is 2.70. The van der Waals surface area contributed by atoms with Crippen molar-refractivity contribution in [2.24, 2.45) is 5.73 Å². The van der Waals surface area contributed by atoms with Crippen LogP contribution in [0.3, 0.4) is 0 Å². The number of halogens is 2. The van der Waals surface area contributed by atoms with Gasteiger partial charge < -0.3 is 10.8 Å². The largest absolute Gasteiger partial charge is 0.396 e. The number of aliphatic hydroxyl groups is 1. The molecule has 0 aliphatic carbocycles. The van der Waals surface area contributed by atoms with Crippen LogP contribution in [0.1, 0.15) is 23.6 Å². The minimum atomic E-state index is -0.157. The van der Waals surface area contributed by atoms with Crippen LogP contribution < -0.4 is 5.73 Å². The summed E-state index contributed by atoms with van der Waals surface area (Å²) in [5.41, 5.74) is 7.87. The van der Waals surface area contributed by atoms with Gasteiger partial charge in [0.2, 0.25) is 0 Å². The van der Waals surface area contributed by atoms with Crippen LogP contribution in [0.25, 0.3) is 0 Å². The first-order valence-electron chi connectivity index (χ1n) is 4.38. The molecule has 0 aliphatic rings. The van der Waals surface area contributed by atoms with Gasteiger partial charge in [-0.1, -0.05) is 27.5 Å². The first kappa shape index (κ1) is 12.0. The predicted molar refractivity (Wildman–Crippen MR) is 62.5 cm³/mol. The summed E-state index contributed by atoms with van der Waals surface area (Å²) in [7, 11) is 0. The smallest absolute Gasteiger partial charge is 0.0449 e. The van der Waals surface area contributed by atoms with Crippen molar-refractivity contribution in [3.8, 4) is 0 Å². The van der Waals surface area contributed by atoms with E-state index in [9.17, 15) is 0 Å². The molecule has 1 rings (SSSR count). The molecule has 0 bridgehead atoms. The van der Waals surface area contributed by atoms with Crippen LogP contribution in [-0.4, -0.2) is 11.7 Å². The molecule has 1 unspecified atom stereocenters. The molecular formula is C10H13BrClNO. The van der Waals surface area contributed by atoms with E-state index in [1.165, 1.54) is 0 Å². The lowest BCUT2D eigenvalue weighted by atomic mass is 10.00. The summed E-state index contributed by atoms with van der Waals surface area (Å²) in [5, 5.41) is 9.50. The Morgan fingerprint density at radius 2 is 2.21 bits per heavy atom. The predicted octanol–water partition coefficient (Wildman–Crippen LogP) is 2.79. The quantitative estimate of drug-likeness (QED) is 0.893. The van der Waals surface area contributed by atoms with Gasteiger partial charge in [0.15, 0.2) is 0 Å². The highest BCUT2D eigenvalue weighted by Crippen LogP contribution is 2.28. The minimum Gasteiger partial charge on any atom is -0.396 e. The van der Waals surface area contributed by atoms with E-state index < -0.39 is 0 Å². The molecule has 1 aromatic rings. The molecule has 0 aliphatic heterocycles. The molecular weight excluding hydrogens is 265 g/mol. The molecule has 0 amide bonds. The Bertz CT molecular complexity index is 330. The highest BCUT2D eigenvalue weighted by Gasteiger charge is 2.11. The molecule has 1 aromatic carbocycles. The molecule has 78 valence electrons. The van der Waals surface area contributed by atoms with Gasteiger partial charge in [0, 0.05) is 22.1 Å². The Kier molecular flexibility index (Phi) is 4.38. The fourth-order valence-corrected chi connectivity index (χ4v) is 2.18. The minimum absolute atomic E-state index is 0.0880. The molecule has 4 heteroatoms. The number of aliphatic hydroxyl groups excluding tert-OH is 1. The summed E-state index contributed by atoms with van der Waals surface area (Å²) in [6.07, 6.45) is 0.549. The van der Waals surface area contributed by atoms with E-state index in [-0.39, 0.29) is 12.6 Å². The Balaban J connectivity index is 3.07. The van der Waals surface area contributed by atoms with Crippen LogP contribution in [0.5, 0.6) is 0 Å². The van der Waals surface area contributed by atoms with Gasteiger partial charge >= 0.3 is 0 Å². The van der Waals surface area contributed by atoms with Crippen molar-refractivity contribution in [3.63, 3.8) is 0 Å². The molecule has 2 nitrogen and oxygen atoms in total. The van der Waals surface area contributed by atoms with Crippen LogP contribution in [0.2, 0.25) is 5.02 Å². The molecule has 3 N–H and O–H groups in total. The lowest BCUT2D eigenvalue weighted by Crippen LogP contribution is -2.13. The zero-order valence-electron chi connectivity index (χ0n) is 7.93. The second-order valence-corrected chi connectivity index (χ2v) is 4.54. The van der Waals surface area contributed by atoms with Gasteiger partial charge in [0.1, 0.15) is 0 Å². The van der Waals surface area contributed by atoms with Gasteiger partial charge in [-0.05, 0) is 36.6 Å². The molecule has 14 heavy (non-hydrogen) atoms. The van der Waals surface area contributed by atoms with E-state index in [2.05, 4.69) is 15.9 Å². The van der Waals surface area contributed by atoms with Crippen molar-refractivity contribution in [2.45, 2.75) is 19.4 Å². The number of nitrogens with two attached hydrogens (primary N) is 1. The Hall–Kier alpha value is -0.0900. The van der Waals surface area contributed by atoms with Crippen molar-refractivity contribution in [1.29, 1.82) is 0 Å². The molecule has 0 fully saturated rings. The topological polar surface area (TPSA) is 46.2 Å². The second-order valence-electron chi connectivity index (χ2n) is 3.22. The first-order valence-corrected chi connectivity index (χ1v) is 5.55. The van der Waals surface area contributed by atoms with Crippen LogP contribution in [0.15, 0.2) is 16.6 Å². The maximum Gasteiger partial charge on any atom is 0.0449 e. The molecule has 0 heterocycles. The van der Waals surface area contributed by atoms with E-state index in [0.717, 1.165) is 15.6 Å². The fourth-order valence-electron chi connectivity index (χ4n) is 1.35. The summed E-state index contributed by atoms with van der Waals surface area (Å²) >= 11 is 9.38. The molecule has 0 saturated carbocycles. The van der Waals surface area contributed by atoms with Gasteiger partial charge in [0.25, 0.3) is 0 Å². The average Bonchev–Trinajstić information content (AvgIpc) is 2.11. The van der Waals surface area contributed by atoms with Gasteiger partial charge in [0.05, 0.1) is 0 Å². The van der Waals surface area contributed by atoms with E-state index in [1.807, 2.05) is 19.1 Å². The summed E-state index contributed by atoms with van der Waals surface area (Å²) in [6, 6.07) is 3.63. The zero-order chi connectivity index (χ0) is 10.7. The van der Waals surface area contributed by atoms with Gasteiger partial charge in [-0.15, -0.1) is 0 Å². The number of hydrogen-bond donors (Lipinski definition) is 2. The molecule has 0 radical (unpaired) electrons. The Labute approximate surface area is 97.2 Å². The molecule has 0 saturated heterocycles. The number of hydrogen-bond acceptors (Lipinski definition) is 2. The maximum atomic E-state index is 8.80.